The van der Waals surface area contributed by atoms with Crippen molar-refractivity contribution in [1.82, 2.24) is 5.16 Å². The van der Waals surface area contributed by atoms with E-state index in [0.29, 0.717) is 5.76 Å². The Hall–Kier alpha value is -1.24. The van der Waals surface area contributed by atoms with E-state index in [9.17, 15) is 9.59 Å². The number of halogens is 1. The summed E-state index contributed by atoms with van der Waals surface area (Å²) in [6.45, 7) is 3.22. The summed E-state index contributed by atoms with van der Waals surface area (Å²) >= 11 is 0. The number of nitrogens with one attached hydrogen (secondary N) is 1. The van der Waals surface area contributed by atoms with Gasteiger partial charge in [-0.25, -0.2) is 0 Å². The Morgan fingerprint density at radius 3 is 2.14 bits per heavy atom. The molecule has 0 spiro atoms. The molecule has 1 aromatic heterocycles. The van der Waals surface area contributed by atoms with Crippen molar-refractivity contribution >= 4 is 28.6 Å². The van der Waals surface area contributed by atoms with Gasteiger partial charge in [-0.3, -0.25) is 9.59 Å². The van der Waals surface area contributed by atoms with Gasteiger partial charge >= 0.3 is 11.5 Å². The van der Waals surface area contributed by atoms with Gasteiger partial charge in [0.25, 0.3) is 0 Å². The minimum Gasteiger partial charge on any atom is -0.481 e. The Kier molecular flexibility index (Phi) is 7.83. The molecule has 0 atom stereocenters. The van der Waals surface area contributed by atoms with Gasteiger partial charge < -0.3 is 15.4 Å². The van der Waals surface area contributed by atoms with Gasteiger partial charge in [-0.05, 0) is 6.92 Å². The third-order valence-electron chi connectivity index (χ3n) is 1.22. The van der Waals surface area contributed by atoms with Crippen LogP contribution in [0.15, 0.2) is 9.32 Å². The lowest BCUT2D eigenvalue weighted by atomic mass is 10.4. The fraction of sp³-hybridized carbons (Fsp3) is 0.429. The lowest BCUT2D eigenvalue weighted by Crippen LogP contribution is -2.04. The number of rotatable bonds is 1. The second kappa shape index (κ2) is 7.19. The van der Waals surface area contributed by atoms with Gasteiger partial charge in [0.05, 0.1) is 0 Å². The number of anilines is 1. The van der Waals surface area contributed by atoms with Crippen LogP contribution in [0.5, 0.6) is 0 Å². The zero-order chi connectivity index (χ0) is 10.4. The number of H-pyrrole nitrogens is 1. The van der Waals surface area contributed by atoms with Crippen LogP contribution in [-0.2, 0) is 4.79 Å². The van der Waals surface area contributed by atoms with Gasteiger partial charge in [-0.15, -0.1) is 17.0 Å². The first-order chi connectivity index (χ1) is 5.99. The summed E-state index contributed by atoms with van der Waals surface area (Å²) in [7, 11) is 0. The van der Waals surface area contributed by atoms with Crippen molar-refractivity contribution in [1.29, 1.82) is 0 Å². The molecule has 0 bridgehead atoms. The van der Waals surface area contributed by atoms with Gasteiger partial charge in [-0.2, -0.15) is 5.16 Å². The molecule has 1 rings (SSSR count). The first-order valence-electron chi connectivity index (χ1n) is 3.64. The molecule has 7 heteroatoms. The molecule has 0 aromatic carbocycles. The summed E-state index contributed by atoms with van der Waals surface area (Å²) in [6.07, 6.45) is 0.222. The molecule has 6 nitrogen and oxygen atoms in total. The van der Waals surface area contributed by atoms with E-state index < -0.39 is 5.97 Å². The number of aliphatic carboxylic acids is 1. The Morgan fingerprint density at radius 2 is 2.07 bits per heavy atom. The molecule has 82 valence electrons. The SMILES string of the molecule is Br.CCC(=O)O.Cc1o[nH]c(=O)c1N. The smallest absolute Gasteiger partial charge is 0.303 e. The van der Waals surface area contributed by atoms with E-state index in [1.54, 1.807) is 13.8 Å². The van der Waals surface area contributed by atoms with E-state index in [-0.39, 0.29) is 34.6 Å². The van der Waals surface area contributed by atoms with Gasteiger partial charge in [-0.1, -0.05) is 6.92 Å². The van der Waals surface area contributed by atoms with E-state index >= 15 is 0 Å². The van der Waals surface area contributed by atoms with E-state index in [4.69, 9.17) is 10.8 Å². The number of nitrogen functional groups attached to an aromatic ring is 1. The fourth-order valence-electron chi connectivity index (χ4n) is 0.393. The number of hydrogen-bond donors (Lipinski definition) is 3. The predicted octanol–water partition coefficient (Wildman–Crippen LogP) is 0.917. The van der Waals surface area contributed by atoms with Gasteiger partial charge in [0.15, 0.2) is 5.76 Å². The summed E-state index contributed by atoms with van der Waals surface area (Å²) < 4.78 is 4.53. The van der Waals surface area contributed by atoms with Crippen LogP contribution >= 0.6 is 17.0 Å². The molecule has 1 heterocycles. The highest BCUT2D eigenvalue weighted by Crippen LogP contribution is 1.98. The quantitative estimate of drug-likeness (QED) is 0.702. The maximum absolute atomic E-state index is 10.4. The van der Waals surface area contributed by atoms with E-state index in [0.717, 1.165) is 0 Å². The van der Waals surface area contributed by atoms with Gasteiger partial charge in [0.2, 0.25) is 0 Å². The van der Waals surface area contributed by atoms with Crippen molar-refractivity contribution in [3.63, 3.8) is 0 Å². The molecule has 4 N–H and O–H groups in total. The number of aryl methyl sites for hydroxylation is 1. The molecule has 0 aliphatic rings. The number of hydrogen-bond acceptors (Lipinski definition) is 4. The molecule has 0 aliphatic carbocycles. The van der Waals surface area contributed by atoms with Crippen LogP contribution in [0.4, 0.5) is 5.69 Å². The van der Waals surface area contributed by atoms with Crippen LogP contribution in [-0.4, -0.2) is 16.2 Å². The van der Waals surface area contributed by atoms with Gasteiger partial charge in [0, 0.05) is 6.42 Å². The summed E-state index contributed by atoms with van der Waals surface area (Å²) in [5, 5.41) is 9.80. The number of aromatic nitrogens is 1. The van der Waals surface area contributed by atoms with Crippen molar-refractivity contribution in [3.8, 4) is 0 Å². The third-order valence-corrected chi connectivity index (χ3v) is 1.22. The van der Waals surface area contributed by atoms with Crippen LogP contribution in [0.1, 0.15) is 19.1 Å². The number of carbonyl (C=O) groups is 1. The van der Waals surface area contributed by atoms with Crippen molar-refractivity contribution in [3.05, 3.63) is 16.1 Å². The Bertz CT molecular complexity index is 331. The lowest BCUT2D eigenvalue weighted by molar-refractivity contribution is -0.136. The average Bonchev–Trinajstić information content (AvgIpc) is 2.37. The molecular weight excluding hydrogens is 256 g/mol. The molecule has 0 aliphatic heterocycles. The highest BCUT2D eigenvalue weighted by Gasteiger charge is 1.99. The second-order valence-electron chi connectivity index (χ2n) is 2.25. The summed E-state index contributed by atoms with van der Waals surface area (Å²) in [6, 6.07) is 0. The molecule has 0 fully saturated rings. The lowest BCUT2D eigenvalue weighted by Gasteiger charge is -1.76. The summed E-state index contributed by atoms with van der Waals surface area (Å²) in [5.74, 6) is -0.306. The summed E-state index contributed by atoms with van der Waals surface area (Å²) in [5.41, 5.74) is 4.96. The van der Waals surface area contributed by atoms with Crippen LogP contribution in [0.3, 0.4) is 0 Å². The molecule has 0 saturated heterocycles. The van der Waals surface area contributed by atoms with Crippen LogP contribution in [0, 0.1) is 6.92 Å². The normalized spacial score (nSPS) is 8.14. The zero-order valence-corrected chi connectivity index (χ0v) is 9.58. The predicted molar refractivity (Wildman–Crippen MR) is 56.7 cm³/mol. The Balaban J connectivity index is 0. The first kappa shape index (κ1) is 15.2. The Morgan fingerprint density at radius 1 is 1.64 bits per heavy atom. The van der Waals surface area contributed by atoms with Crippen molar-refractivity contribution in [2.45, 2.75) is 20.3 Å². The maximum Gasteiger partial charge on any atom is 0.303 e. The van der Waals surface area contributed by atoms with Crippen LogP contribution < -0.4 is 11.3 Å². The van der Waals surface area contributed by atoms with Gasteiger partial charge in [0.1, 0.15) is 5.69 Å². The van der Waals surface area contributed by atoms with Crippen LogP contribution in [0.2, 0.25) is 0 Å². The monoisotopic (exact) mass is 268 g/mol. The minimum atomic E-state index is -0.745. The Labute approximate surface area is 90.8 Å². The van der Waals surface area contributed by atoms with Crippen molar-refractivity contribution < 1.29 is 14.4 Å². The number of carboxylic acids is 1. The molecule has 0 saturated carbocycles. The number of aromatic amines is 1. The average molecular weight is 269 g/mol. The number of nitrogens with two attached hydrogens (primary N) is 1. The minimum absolute atomic E-state index is 0. The van der Waals surface area contributed by atoms with Crippen molar-refractivity contribution in [2.24, 2.45) is 0 Å². The standard InChI is InChI=1S/C4H6N2O2.C3H6O2.BrH/c1-2-3(5)4(7)6-8-2;1-2-3(4)5;/h5H2,1H3,(H,6,7);2H2,1H3,(H,4,5);1H. The molecule has 0 radical (unpaired) electrons. The molecule has 0 unspecified atom stereocenters. The molecule has 1 aromatic rings. The second-order valence-corrected chi connectivity index (χ2v) is 2.25. The van der Waals surface area contributed by atoms with E-state index in [1.807, 2.05) is 0 Å². The highest BCUT2D eigenvalue weighted by atomic mass is 79.9. The molecular formula is C7H13BrN2O4. The highest BCUT2D eigenvalue weighted by molar-refractivity contribution is 8.93. The summed E-state index contributed by atoms with van der Waals surface area (Å²) in [4.78, 5) is 19.7. The third kappa shape index (κ3) is 5.41. The largest absolute Gasteiger partial charge is 0.481 e. The molecule has 0 amide bonds. The van der Waals surface area contributed by atoms with E-state index in [2.05, 4.69) is 9.68 Å². The number of carboxylic acid groups (broad SMARTS) is 1. The topological polar surface area (TPSA) is 109 Å². The van der Waals surface area contributed by atoms with Crippen molar-refractivity contribution in [2.75, 3.05) is 5.73 Å². The van der Waals surface area contributed by atoms with E-state index in [1.165, 1.54) is 0 Å². The molecule has 14 heavy (non-hydrogen) atoms. The maximum atomic E-state index is 10.4. The fourth-order valence-corrected chi connectivity index (χ4v) is 0.393. The van der Waals surface area contributed by atoms with Crippen LogP contribution in [0.25, 0.3) is 0 Å². The first-order valence-corrected chi connectivity index (χ1v) is 3.64. The zero-order valence-electron chi connectivity index (χ0n) is 7.86.